The Balaban J connectivity index is 2.23. The van der Waals surface area contributed by atoms with Gasteiger partial charge < -0.3 is 14.8 Å². The van der Waals surface area contributed by atoms with Gasteiger partial charge in [0.1, 0.15) is 0 Å². The van der Waals surface area contributed by atoms with E-state index >= 15 is 0 Å². The Labute approximate surface area is 110 Å². The van der Waals surface area contributed by atoms with E-state index in [-0.39, 0.29) is 17.1 Å². The summed E-state index contributed by atoms with van der Waals surface area (Å²) >= 11 is 0. The van der Waals surface area contributed by atoms with Gasteiger partial charge in [-0.15, -0.1) is 0 Å². The fraction of sp³-hybridized carbons (Fsp3) is 1.00. The predicted molar refractivity (Wildman–Crippen MR) is 71.6 cm³/mol. The third-order valence-corrected chi connectivity index (χ3v) is 5.42. The van der Waals surface area contributed by atoms with Crippen LogP contribution in [-0.4, -0.2) is 58.9 Å². The van der Waals surface area contributed by atoms with Crippen molar-refractivity contribution < 1.29 is 17.9 Å². The molecular formula is C12H25NO4S. The maximum Gasteiger partial charge on any atom is 0.156 e. The lowest BCUT2D eigenvalue weighted by Crippen LogP contribution is -2.36. The first-order valence-electron chi connectivity index (χ1n) is 6.59. The second-order valence-electron chi connectivity index (χ2n) is 4.83. The van der Waals surface area contributed by atoms with Crippen LogP contribution in [0.3, 0.4) is 0 Å². The van der Waals surface area contributed by atoms with Crippen molar-refractivity contribution >= 4 is 9.84 Å². The van der Waals surface area contributed by atoms with Gasteiger partial charge in [0.25, 0.3) is 0 Å². The molecule has 1 fully saturated rings. The molecule has 18 heavy (non-hydrogen) atoms. The molecule has 6 heteroatoms. The molecule has 0 aromatic carbocycles. The smallest absolute Gasteiger partial charge is 0.156 e. The van der Waals surface area contributed by atoms with E-state index in [9.17, 15) is 8.42 Å². The normalized spacial score (nSPS) is 22.2. The maximum absolute atomic E-state index is 12.1. The highest BCUT2D eigenvalue weighted by Gasteiger charge is 2.27. The molecule has 0 bridgehead atoms. The molecule has 108 valence electrons. The van der Waals surface area contributed by atoms with E-state index in [2.05, 4.69) is 5.32 Å². The van der Waals surface area contributed by atoms with E-state index < -0.39 is 9.84 Å². The quantitative estimate of drug-likeness (QED) is 0.626. The van der Waals surface area contributed by atoms with Crippen LogP contribution in [0.1, 0.15) is 26.2 Å². The summed E-state index contributed by atoms with van der Waals surface area (Å²) in [6.45, 7) is 4.44. The molecule has 1 aliphatic rings. The van der Waals surface area contributed by atoms with Gasteiger partial charge in [-0.05, 0) is 32.7 Å². The summed E-state index contributed by atoms with van der Waals surface area (Å²) in [5.74, 6) is 0.161. The molecule has 1 heterocycles. The zero-order valence-corrected chi connectivity index (χ0v) is 12.2. The monoisotopic (exact) mass is 279 g/mol. The Bertz CT molecular complexity index is 312. The Morgan fingerprint density at radius 3 is 2.89 bits per heavy atom. The average Bonchev–Trinajstić information content (AvgIpc) is 2.80. The summed E-state index contributed by atoms with van der Waals surface area (Å²) < 4.78 is 34.4. The van der Waals surface area contributed by atoms with Crippen molar-refractivity contribution in [2.24, 2.45) is 0 Å². The lowest BCUT2D eigenvalue weighted by molar-refractivity contribution is 0.127. The molecule has 0 aromatic rings. The predicted octanol–water partition coefficient (Wildman–Crippen LogP) is 0.595. The Morgan fingerprint density at radius 1 is 1.50 bits per heavy atom. The lowest BCUT2D eigenvalue weighted by atomic mass is 10.3. The zero-order valence-electron chi connectivity index (χ0n) is 11.4. The van der Waals surface area contributed by atoms with Crippen molar-refractivity contribution in [2.75, 3.05) is 39.2 Å². The van der Waals surface area contributed by atoms with Gasteiger partial charge in [-0.1, -0.05) is 0 Å². The number of hydrogen-bond donors (Lipinski definition) is 1. The highest BCUT2D eigenvalue weighted by atomic mass is 32.2. The van der Waals surface area contributed by atoms with Gasteiger partial charge in [-0.2, -0.15) is 0 Å². The second kappa shape index (κ2) is 8.09. The fourth-order valence-electron chi connectivity index (χ4n) is 1.97. The molecule has 1 rings (SSSR count). The molecule has 2 unspecified atom stereocenters. The average molecular weight is 279 g/mol. The SMILES string of the molecule is COCCCNCC(C)S(=O)(=O)CC1CCCO1. The van der Waals surface area contributed by atoms with Gasteiger partial charge in [0.15, 0.2) is 9.84 Å². The van der Waals surface area contributed by atoms with E-state index in [1.54, 1.807) is 14.0 Å². The molecule has 0 aromatic heterocycles. The molecule has 0 amide bonds. The topological polar surface area (TPSA) is 64.6 Å². The maximum atomic E-state index is 12.1. The summed E-state index contributed by atoms with van der Waals surface area (Å²) in [4.78, 5) is 0. The van der Waals surface area contributed by atoms with Crippen LogP contribution in [0, 0.1) is 0 Å². The van der Waals surface area contributed by atoms with Crippen molar-refractivity contribution in [3.05, 3.63) is 0 Å². The number of hydrogen-bond acceptors (Lipinski definition) is 5. The number of sulfone groups is 1. The summed E-state index contributed by atoms with van der Waals surface area (Å²) in [7, 11) is -1.39. The Morgan fingerprint density at radius 2 is 2.28 bits per heavy atom. The minimum atomic E-state index is -3.06. The van der Waals surface area contributed by atoms with Crippen LogP contribution in [0.4, 0.5) is 0 Å². The minimum absolute atomic E-state index is 0.0917. The summed E-state index contributed by atoms with van der Waals surface area (Å²) in [5.41, 5.74) is 0. The van der Waals surface area contributed by atoms with Crippen LogP contribution < -0.4 is 5.32 Å². The van der Waals surface area contributed by atoms with Crippen LogP contribution in [0.15, 0.2) is 0 Å². The molecule has 1 aliphatic heterocycles. The Kier molecular flexibility index (Phi) is 7.14. The molecule has 0 spiro atoms. The first-order valence-corrected chi connectivity index (χ1v) is 8.30. The van der Waals surface area contributed by atoms with E-state index in [1.807, 2.05) is 0 Å². The van der Waals surface area contributed by atoms with E-state index in [4.69, 9.17) is 9.47 Å². The molecule has 2 atom stereocenters. The van der Waals surface area contributed by atoms with Gasteiger partial charge in [-0.25, -0.2) is 8.42 Å². The standard InChI is InChI=1S/C12H25NO4S/c1-11(9-13-6-4-7-16-2)18(14,15)10-12-5-3-8-17-12/h11-13H,3-10H2,1-2H3. The minimum Gasteiger partial charge on any atom is -0.385 e. The van der Waals surface area contributed by atoms with E-state index in [0.717, 1.165) is 25.8 Å². The van der Waals surface area contributed by atoms with Crippen molar-refractivity contribution in [3.63, 3.8) is 0 Å². The van der Waals surface area contributed by atoms with Gasteiger partial charge in [0.05, 0.1) is 17.1 Å². The van der Waals surface area contributed by atoms with Crippen molar-refractivity contribution in [1.82, 2.24) is 5.32 Å². The van der Waals surface area contributed by atoms with Gasteiger partial charge in [-0.3, -0.25) is 0 Å². The number of methoxy groups -OCH3 is 1. The van der Waals surface area contributed by atoms with Crippen LogP contribution >= 0.6 is 0 Å². The summed E-state index contributed by atoms with van der Waals surface area (Å²) in [6, 6.07) is 0. The molecule has 1 saturated heterocycles. The van der Waals surface area contributed by atoms with Crippen LogP contribution in [0.25, 0.3) is 0 Å². The molecule has 0 aliphatic carbocycles. The van der Waals surface area contributed by atoms with Gasteiger partial charge >= 0.3 is 0 Å². The Hall–Kier alpha value is -0.170. The molecule has 0 saturated carbocycles. The molecule has 0 radical (unpaired) electrons. The lowest BCUT2D eigenvalue weighted by Gasteiger charge is -2.16. The molecular weight excluding hydrogens is 254 g/mol. The van der Waals surface area contributed by atoms with Crippen LogP contribution in [0.2, 0.25) is 0 Å². The first kappa shape index (κ1) is 15.9. The van der Waals surface area contributed by atoms with Gasteiger partial charge in [0.2, 0.25) is 0 Å². The first-order chi connectivity index (χ1) is 8.56. The van der Waals surface area contributed by atoms with E-state index in [1.165, 1.54) is 0 Å². The second-order valence-corrected chi connectivity index (χ2v) is 7.29. The third-order valence-electron chi connectivity index (χ3n) is 3.19. The fourth-order valence-corrected chi connectivity index (χ4v) is 3.45. The van der Waals surface area contributed by atoms with Crippen molar-refractivity contribution in [3.8, 4) is 0 Å². The number of ether oxygens (including phenoxy) is 2. The van der Waals surface area contributed by atoms with Crippen LogP contribution in [0.5, 0.6) is 0 Å². The summed E-state index contributed by atoms with van der Waals surface area (Å²) in [6.07, 6.45) is 2.65. The largest absolute Gasteiger partial charge is 0.385 e. The molecule has 1 N–H and O–H groups in total. The zero-order chi connectivity index (χ0) is 13.4. The number of nitrogens with one attached hydrogen (secondary N) is 1. The van der Waals surface area contributed by atoms with Gasteiger partial charge in [0, 0.05) is 26.9 Å². The number of rotatable bonds is 9. The molecule has 5 nitrogen and oxygen atoms in total. The van der Waals surface area contributed by atoms with Crippen molar-refractivity contribution in [2.45, 2.75) is 37.5 Å². The van der Waals surface area contributed by atoms with E-state index in [0.29, 0.717) is 19.8 Å². The summed E-state index contributed by atoms with van der Waals surface area (Å²) in [5, 5.41) is 2.79. The van der Waals surface area contributed by atoms with Crippen molar-refractivity contribution in [1.29, 1.82) is 0 Å². The van der Waals surface area contributed by atoms with Crippen LogP contribution in [-0.2, 0) is 19.3 Å². The highest BCUT2D eigenvalue weighted by Crippen LogP contribution is 2.16. The third kappa shape index (κ3) is 5.65. The highest BCUT2D eigenvalue weighted by molar-refractivity contribution is 7.92.